The van der Waals surface area contributed by atoms with Gasteiger partial charge < -0.3 is 22.1 Å². The minimum atomic E-state index is -0.725. The third-order valence-corrected chi connectivity index (χ3v) is 3.42. The van der Waals surface area contributed by atoms with Gasteiger partial charge in [0.2, 0.25) is 5.91 Å². The standard InChI is InChI=1S/C10H17N5O2S/c1-4(2)5(8(12)16)14-9(17)6-7(11)15-10(13-3)18-6/h4-5H,11H2,1-3H3,(H2,12,16)(H,13,15)(H,14,17). The Balaban J connectivity index is 2.87. The lowest BCUT2D eigenvalue weighted by Gasteiger charge is -2.18. The zero-order valence-electron chi connectivity index (χ0n) is 10.5. The third kappa shape index (κ3) is 3.10. The van der Waals surface area contributed by atoms with Crippen LogP contribution in [0.4, 0.5) is 10.9 Å². The van der Waals surface area contributed by atoms with Crippen molar-refractivity contribution < 1.29 is 9.59 Å². The number of nitrogens with one attached hydrogen (secondary N) is 2. The number of hydrogen-bond donors (Lipinski definition) is 4. The van der Waals surface area contributed by atoms with Crippen LogP contribution in [0.25, 0.3) is 0 Å². The Morgan fingerprint density at radius 1 is 1.39 bits per heavy atom. The molecule has 0 spiro atoms. The van der Waals surface area contributed by atoms with Crippen molar-refractivity contribution in [1.29, 1.82) is 0 Å². The predicted molar refractivity (Wildman–Crippen MR) is 71.4 cm³/mol. The van der Waals surface area contributed by atoms with Gasteiger partial charge in [0.25, 0.3) is 5.91 Å². The summed E-state index contributed by atoms with van der Waals surface area (Å²) < 4.78 is 0. The zero-order valence-corrected chi connectivity index (χ0v) is 11.3. The largest absolute Gasteiger partial charge is 0.382 e. The highest BCUT2D eigenvalue weighted by Gasteiger charge is 2.24. The van der Waals surface area contributed by atoms with Gasteiger partial charge in [-0.3, -0.25) is 9.59 Å². The van der Waals surface area contributed by atoms with Crippen LogP contribution in [0, 0.1) is 5.92 Å². The molecule has 8 heteroatoms. The van der Waals surface area contributed by atoms with E-state index in [0.29, 0.717) is 5.13 Å². The molecule has 1 aromatic heterocycles. The van der Waals surface area contributed by atoms with Crippen LogP contribution in [0.15, 0.2) is 0 Å². The van der Waals surface area contributed by atoms with Gasteiger partial charge in [-0.2, -0.15) is 0 Å². The van der Waals surface area contributed by atoms with Crippen molar-refractivity contribution in [2.75, 3.05) is 18.1 Å². The molecular weight excluding hydrogens is 254 g/mol. The Bertz CT molecular complexity index is 457. The molecule has 0 fully saturated rings. The highest BCUT2D eigenvalue weighted by molar-refractivity contribution is 7.18. The molecule has 0 aliphatic rings. The quantitative estimate of drug-likeness (QED) is 0.600. The molecule has 0 bridgehead atoms. The van der Waals surface area contributed by atoms with Crippen LogP contribution in [0.5, 0.6) is 0 Å². The molecule has 6 N–H and O–H groups in total. The second-order valence-corrected chi connectivity index (χ2v) is 5.08. The summed E-state index contributed by atoms with van der Waals surface area (Å²) in [5, 5.41) is 5.90. The number of thiazole rings is 1. The van der Waals surface area contributed by atoms with Crippen molar-refractivity contribution in [3.63, 3.8) is 0 Å². The molecule has 0 aromatic carbocycles. The fourth-order valence-corrected chi connectivity index (χ4v) is 2.12. The normalized spacial score (nSPS) is 12.2. The van der Waals surface area contributed by atoms with Crippen molar-refractivity contribution in [2.24, 2.45) is 11.7 Å². The average molecular weight is 271 g/mol. The molecule has 18 heavy (non-hydrogen) atoms. The Labute approximate surface area is 109 Å². The number of nitrogen functional groups attached to an aromatic ring is 1. The van der Waals surface area contributed by atoms with E-state index >= 15 is 0 Å². The number of carbonyl (C=O) groups is 2. The first kappa shape index (κ1) is 14.2. The number of carbonyl (C=O) groups excluding carboxylic acids is 2. The third-order valence-electron chi connectivity index (χ3n) is 2.33. The minimum Gasteiger partial charge on any atom is -0.382 e. The maximum Gasteiger partial charge on any atom is 0.265 e. The number of primary amides is 1. The average Bonchev–Trinajstić information content (AvgIpc) is 2.66. The highest BCUT2D eigenvalue weighted by Crippen LogP contribution is 2.24. The number of aromatic nitrogens is 1. The molecule has 1 heterocycles. The lowest BCUT2D eigenvalue weighted by molar-refractivity contribution is -0.120. The van der Waals surface area contributed by atoms with E-state index in [0.717, 1.165) is 11.3 Å². The Hall–Kier alpha value is -1.83. The summed E-state index contributed by atoms with van der Waals surface area (Å²) in [6.07, 6.45) is 0. The smallest absolute Gasteiger partial charge is 0.265 e. The Morgan fingerprint density at radius 2 is 2.00 bits per heavy atom. The minimum absolute atomic E-state index is 0.0932. The molecule has 0 aliphatic heterocycles. The number of anilines is 2. The first-order chi connectivity index (χ1) is 8.36. The molecule has 1 unspecified atom stereocenters. The SMILES string of the molecule is CNc1nc(N)c(C(=O)NC(C(N)=O)C(C)C)s1. The summed E-state index contributed by atoms with van der Waals surface area (Å²) in [7, 11) is 1.68. The summed E-state index contributed by atoms with van der Waals surface area (Å²) in [6.45, 7) is 3.59. The van der Waals surface area contributed by atoms with Crippen LogP contribution in [0.1, 0.15) is 23.5 Å². The van der Waals surface area contributed by atoms with Gasteiger partial charge in [-0.05, 0) is 5.92 Å². The van der Waals surface area contributed by atoms with Crippen LogP contribution in [0.3, 0.4) is 0 Å². The molecule has 1 aromatic rings. The molecule has 0 radical (unpaired) electrons. The van der Waals surface area contributed by atoms with Gasteiger partial charge in [-0.1, -0.05) is 25.2 Å². The molecule has 1 rings (SSSR count). The van der Waals surface area contributed by atoms with E-state index in [4.69, 9.17) is 11.5 Å². The first-order valence-corrected chi connectivity index (χ1v) is 6.22. The molecule has 0 saturated heterocycles. The zero-order chi connectivity index (χ0) is 13.9. The molecule has 0 aliphatic carbocycles. The van der Waals surface area contributed by atoms with Gasteiger partial charge in [-0.15, -0.1) is 0 Å². The van der Waals surface area contributed by atoms with E-state index < -0.39 is 17.9 Å². The maximum absolute atomic E-state index is 12.0. The van der Waals surface area contributed by atoms with Crippen molar-refractivity contribution in [3.05, 3.63) is 4.88 Å². The van der Waals surface area contributed by atoms with Crippen molar-refractivity contribution in [2.45, 2.75) is 19.9 Å². The number of rotatable bonds is 5. The monoisotopic (exact) mass is 271 g/mol. The van der Waals surface area contributed by atoms with Crippen molar-refractivity contribution in [3.8, 4) is 0 Å². The summed E-state index contributed by atoms with van der Waals surface area (Å²) >= 11 is 1.12. The van der Waals surface area contributed by atoms with E-state index in [1.165, 1.54) is 0 Å². The van der Waals surface area contributed by atoms with Gasteiger partial charge in [0, 0.05) is 7.05 Å². The maximum atomic E-state index is 12.0. The van der Waals surface area contributed by atoms with Crippen LogP contribution in [-0.2, 0) is 4.79 Å². The number of nitrogens with zero attached hydrogens (tertiary/aromatic N) is 1. The Morgan fingerprint density at radius 3 is 2.39 bits per heavy atom. The first-order valence-electron chi connectivity index (χ1n) is 5.41. The summed E-state index contributed by atoms with van der Waals surface area (Å²) in [5.41, 5.74) is 10.9. The van der Waals surface area contributed by atoms with Crippen LogP contribution >= 0.6 is 11.3 Å². The summed E-state index contributed by atoms with van der Waals surface area (Å²) in [4.78, 5) is 27.4. The van der Waals surface area contributed by atoms with E-state index in [2.05, 4.69) is 15.6 Å². The summed E-state index contributed by atoms with van der Waals surface area (Å²) in [6, 6.07) is -0.725. The number of hydrogen-bond acceptors (Lipinski definition) is 6. The van der Waals surface area contributed by atoms with E-state index in [-0.39, 0.29) is 16.6 Å². The number of nitrogens with two attached hydrogens (primary N) is 2. The molecular formula is C10H17N5O2S. The predicted octanol–water partition coefficient (Wildman–Crippen LogP) is 0.00670. The topological polar surface area (TPSA) is 123 Å². The molecule has 100 valence electrons. The van der Waals surface area contributed by atoms with Gasteiger partial charge >= 0.3 is 0 Å². The van der Waals surface area contributed by atoms with E-state index in [9.17, 15) is 9.59 Å². The van der Waals surface area contributed by atoms with Gasteiger partial charge in [0.1, 0.15) is 16.7 Å². The van der Waals surface area contributed by atoms with E-state index in [1.807, 2.05) is 0 Å². The fourth-order valence-electron chi connectivity index (χ4n) is 1.37. The van der Waals surface area contributed by atoms with Crippen molar-refractivity contribution >= 4 is 34.1 Å². The second-order valence-electron chi connectivity index (χ2n) is 4.08. The Kier molecular flexibility index (Phi) is 4.49. The second kappa shape index (κ2) is 5.67. The van der Waals surface area contributed by atoms with Gasteiger partial charge in [0.15, 0.2) is 5.13 Å². The van der Waals surface area contributed by atoms with Crippen LogP contribution in [-0.4, -0.2) is 29.9 Å². The van der Waals surface area contributed by atoms with Gasteiger partial charge in [-0.25, -0.2) is 4.98 Å². The van der Waals surface area contributed by atoms with Crippen molar-refractivity contribution in [1.82, 2.24) is 10.3 Å². The molecule has 2 amide bonds. The highest BCUT2D eigenvalue weighted by atomic mass is 32.1. The van der Waals surface area contributed by atoms with Gasteiger partial charge in [0.05, 0.1) is 0 Å². The van der Waals surface area contributed by atoms with Crippen LogP contribution < -0.4 is 22.1 Å². The molecule has 0 saturated carbocycles. The molecule has 1 atom stereocenters. The van der Waals surface area contributed by atoms with Crippen LogP contribution in [0.2, 0.25) is 0 Å². The van der Waals surface area contributed by atoms with E-state index in [1.54, 1.807) is 20.9 Å². The lowest BCUT2D eigenvalue weighted by Crippen LogP contribution is -2.47. The number of amides is 2. The molecule has 7 nitrogen and oxygen atoms in total. The summed E-state index contributed by atoms with van der Waals surface area (Å²) in [5.74, 6) is -0.975. The lowest BCUT2D eigenvalue weighted by atomic mass is 10.0. The fraction of sp³-hybridized carbons (Fsp3) is 0.500.